The molecule has 1 aliphatic rings. The zero-order valence-electron chi connectivity index (χ0n) is 13.4. The van der Waals surface area contributed by atoms with Gasteiger partial charge in [-0.2, -0.15) is 0 Å². The Morgan fingerprint density at radius 3 is 2.05 bits per heavy atom. The van der Waals surface area contributed by atoms with Crippen molar-refractivity contribution in [3.05, 3.63) is 0 Å². The van der Waals surface area contributed by atoms with Crippen LogP contribution in [0.25, 0.3) is 0 Å². The van der Waals surface area contributed by atoms with Crippen molar-refractivity contribution in [2.45, 2.75) is 64.2 Å². The summed E-state index contributed by atoms with van der Waals surface area (Å²) in [6, 6.07) is -0.423. The average molecular weight is 299 g/mol. The number of likely N-dealkylation sites (tertiary alicyclic amines) is 1. The van der Waals surface area contributed by atoms with E-state index in [9.17, 15) is 4.79 Å². The Morgan fingerprint density at radius 2 is 1.48 bits per heavy atom. The maximum absolute atomic E-state index is 11.0. The van der Waals surface area contributed by atoms with E-state index in [-0.39, 0.29) is 0 Å². The third-order valence-corrected chi connectivity index (χ3v) is 4.21. The topological polar surface area (TPSA) is 87.6 Å². The highest BCUT2D eigenvalue weighted by Crippen LogP contribution is 2.11. The Morgan fingerprint density at radius 1 is 0.952 bits per heavy atom. The zero-order chi connectivity index (χ0) is 15.3. The average Bonchev–Trinajstić information content (AvgIpc) is 3.01. The molecule has 0 spiro atoms. The molecule has 21 heavy (non-hydrogen) atoms. The van der Waals surface area contributed by atoms with Gasteiger partial charge in [0, 0.05) is 6.54 Å². The summed E-state index contributed by atoms with van der Waals surface area (Å²) < 4.78 is 0. The van der Waals surface area contributed by atoms with Gasteiger partial charge in [0.15, 0.2) is 0 Å². The monoisotopic (exact) mass is 299 g/mol. The highest BCUT2D eigenvalue weighted by molar-refractivity contribution is 5.72. The van der Waals surface area contributed by atoms with E-state index < -0.39 is 6.03 Å². The molecule has 0 aromatic rings. The van der Waals surface area contributed by atoms with Gasteiger partial charge in [0.1, 0.15) is 0 Å². The molecule has 0 unspecified atom stereocenters. The van der Waals surface area contributed by atoms with Crippen molar-refractivity contribution in [2.24, 2.45) is 11.7 Å². The second-order valence-electron chi connectivity index (χ2n) is 6.02. The molecule has 1 saturated heterocycles. The summed E-state index contributed by atoms with van der Waals surface area (Å²) in [4.78, 5) is 13.6. The molecular formula is C15H33N5O. The first kappa shape index (κ1) is 18.2. The summed E-state index contributed by atoms with van der Waals surface area (Å²) in [5, 5.41) is 1.14. The van der Waals surface area contributed by atoms with E-state index in [0.29, 0.717) is 6.54 Å². The normalized spacial score (nSPS) is 15.3. The fourth-order valence-corrected chi connectivity index (χ4v) is 2.87. The van der Waals surface area contributed by atoms with Gasteiger partial charge >= 0.3 is 6.03 Å². The maximum Gasteiger partial charge on any atom is 0.345 e. The van der Waals surface area contributed by atoms with Crippen LogP contribution in [0.2, 0.25) is 0 Å². The molecule has 1 fully saturated rings. The van der Waals surface area contributed by atoms with Crippen LogP contribution in [-0.4, -0.2) is 42.1 Å². The highest BCUT2D eigenvalue weighted by Gasteiger charge is 2.09. The minimum Gasteiger partial charge on any atom is -0.303 e. The molecule has 0 atom stereocenters. The molecule has 0 aliphatic carbocycles. The lowest BCUT2D eigenvalue weighted by Gasteiger charge is -2.15. The third-order valence-electron chi connectivity index (χ3n) is 4.21. The van der Waals surface area contributed by atoms with E-state index >= 15 is 0 Å². The van der Waals surface area contributed by atoms with Crippen molar-refractivity contribution >= 4 is 6.03 Å². The zero-order valence-corrected chi connectivity index (χ0v) is 13.4. The lowest BCUT2D eigenvalue weighted by atomic mass is 10.1. The molecule has 0 aromatic carbocycles. The molecule has 6 nitrogen and oxygen atoms in total. The molecule has 0 radical (unpaired) electrons. The summed E-state index contributed by atoms with van der Waals surface area (Å²) in [6.07, 6.45) is 12.8. The summed E-state index contributed by atoms with van der Waals surface area (Å²) in [7, 11) is 0. The number of amides is 2. The van der Waals surface area contributed by atoms with E-state index in [1.54, 1.807) is 0 Å². The van der Waals surface area contributed by atoms with Crippen molar-refractivity contribution in [1.29, 1.82) is 0 Å². The predicted octanol–water partition coefficient (Wildman–Crippen LogP) is 1.96. The fourth-order valence-electron chi connectivity index (χ4n) is 2.87. The molecule has 6 heteroatoms. The lowest BCUT2D eigenvalue weighted by Crippen LogP contribution is -2.47. The molecule has 2 amide bonds. The first-order valence-electron chi connectivity index (χ1n) is 8.49. The highest BCUT2D eigenvalue weighted by atomic mass is 16.2. The number of hydrogen-bond acceptors (Lipinski definition) is 4. The Labute approximate surface area is 129 Å². The Bertz CT molecular complexity index is 269. The standard InChI is InChI=1S/C15H33N5O/c16-18-15(21)20(17)14-8-6-4-2-1-3-5-7-11-19-12-9-10-13-19/h1-14,16-17H2,(H,18,21). The molecule has 1 aliphatic heterocycles. The lowest BCUT2D eigenvalue weighted by molar-refractivity contribution is 0.198. The molecule has 0 saturated carbocycles. The van der Waals surface area contributed by atoms with E-state index in [2.05, 4.69) is 4.90 Å². The van der Waals surface area contributed by atoms with Gasteiger partial charge < -0.3 is 4.90 Å². The smallest absolute Gasteiger partial charge is 0.303 e. The third kappa shape index (κ3) is 8.90. The number of carbonyl (C=O) groups is 1. The first-order chi connectivity index (χ1) is 10.2. The largest absolute Gasteiger partial charge is 0.345 e. The van der Waals surface area contributed by atoms with E-state index in [1.165, 1.54) is 71.0 Å². The summed E-state index contributed by atoms with van der Waals surface area (Å²) in [5.41, 5.74) is 2.02. The van der Waals surface area contributed by atoms with Crippen LogP contribution in [0.3, 0.4) is 0 Å². The number of unbranched alkanes of at least 4 members (excludes halogenated alkanes) is 7. The van der Waals surface area contributed by atoms with E-state index in [1.807, 2.05) is 5.43 Å². The van der Waals surface area contributed by atoms with Crippen LogP contribution in [0.4, 0.5) is 4.79 Å². The molecule has 1 heterocycles. The number of nitrogens with zero attached hydrogens (tertiary/aromatic N) is 2. The van der Waals surface area contributed by atoms with Crippen molar-refractivity contribution in [2.75, 3.05) is 26.2 Å². The maximum atomic E-state index is 11.0. The minimum absolute atomic E-state index is 0.423. The quantitative estimate of drug-likeness (QED) is 0.235. The number of hydrazine groups is 2. The van der Waals surface area contributed by atoms with Crippen LogP contribution < -0.4 is 17.1 Å². The van der Waals surface area contributed by atoms with Crippen LogP contribution in [0.1, 0.15) is 64.2 Å². The second kappa shape index (κ2) is 11.8. The van der Waals surface area contributed by atoms with Crippen LogP contribution in [0.15, 0.2) is 0 Å². The van der Waals surface area contributed by atoms with E-state index in [0.717, 1.165) is 17.9 Å². The molecule has 0 bridgehead atoms. The Kier molecular flexibility index (Phi) is 10.2. The number of hydrogen-bond donors (Lipinski definition) is 3. The number of carbonyl (C=O) groups excluding carboxylic acids is 1. The number of nitrogens with one attached hydrogen (secondary N) is 1. The van der Waals surface area contributed by atoms with Crippen molar-refractivity contribution < 1.29 is 4.79 Å². The molecule has 5 N–H and O–H groups in total. The van der Waals surface area contributed by atoms with Crippen molar-refractivity contribution in [3.8, 4) is 0 Å². The van der Waals surface area contributed by atoms with Gasteiger partial charge in [-0.3, -0.25) is 10.4 Å². The molecular weight excluding hydrogens is 266 g/mol. The number of nitrogens with two attached hydrogens (primary N) is 2. The fraction of sp³-hybridized carbons (Fsp3) is 0.933. The van der Waals surface area contributed by atoms with E-state index in [4.69, 9.17) is 11.7 Å². The Balaban J connectivity index is 1.77. The molecule has 0 aromatic heterocycles. The van der Waals surface area contributed by atoms with Gasteiger partial charge in [-0.15, -0.1) is 0 Å². The number of urea groups is 1. The second-order valence-corrected chi connectivity index (χ2v) is 6.02. The van der Waals surface area contributed by atoms with Gasteiger partial charge in [0.2, 0.25) is 0 Å². The van der Waals surface area contributed by atoms with Crippen molar-refractivity contribution in [3.63, 3.8) is 0 Å². The molecule has 124 valence electrons. The van der Waals surface area contributed by atoms with Gasteiger partial charge in [-0.1, -0.05) is 38.5 Å². The summed E-state index contributed by atoms with van der Waals surface area (Å²) in [6.45, 7) is 4.51. The van der Waals surface area contributed by atoms with Gasteiger partial charge in [0.05, 0.1) is 0 Å². The van der Waals surface area contributed by atoms with Crippen molar-refractivity contribution in [1.82, 2.24) is 15.3 Å². The van der Waals surface area contributed by atoms with Crippen LogP contribution in [0, 0.1) is 0 Å². The Hall–Kier alpha value is -0.850. The van der Waals surface area contributed by atoms with Crippen LogP contribution >= 0.6 is 0 Å². The summed E-state index contributed by atoms with van der Waals surface area (Å²) in [5.74, 6) is 10.5. The first-order valence-corrected chi connectivity index (χ1v) is 8.49. The van der Waals surface area contributed by atoms with Crippen LogP contribution in [0.5, 0.6) is 0 Å². The van der Waals surface area contributed by atoms with Gasteiger partial charge in [-0.05, 0) is 45.3 Å². The minimum atomic E-state index is -0.423. The predicted molar refractivity (Wildman–Crippen MR) is 86.2 cm³/mol. The van der Waals surface area contributed by atoms with Gasteiger partial charge in [0.25, 0.3) is 0 Å². The van der Waals surface area contributed by atoms with Gasteiger partial charge in [-0.25, -0.2) is 16.5 Å². The number of rotatable bonds is 11. The SMILES string of the molecule is NNC(=O)N(N)CCCCCCCCCCN1CCCC1. The molecule has 1 rings (SSSR count). The van der Waals surface area contributed by atoms with Crippen LogP contribution in [-0.2, 0) is 0 Å². The summed E-state index contributed by atoms with van der Waals surface area (Å²) >= 11 is 0.